The van der Waals surface area contributed by atoms with Crippen molar-refractivity contribution in [3.63, 3.8) is 0 Å². The molecule has 0 bridgehead atoms. The normalized spacial score (nSPS) is 10.5. The second-order valence-electron chi connectivity index (χ2n) is 4.75. The lowest BCUT2D eigenvalue weighted by Crippen LogP contribution is -2.32. The van der Waals surface area contributed by atoms with Gasteiger partial charge in [-0.3, -0.25) is 20.2 Å². The number of amides is 1. The minimum atomic E-state index is -0.508. The highest BCUT2D eigenvalue weighted by atomic mass is 35.5. The van der Waals surface area contributed by atoms with Gasteiger partial charge < -0.3 is 5.32 Å². The third-order valence-electron chi connectivity index (χ3n) is 2.92. The number of nitro benzene ring substituents is 1. The van der Waals surface area contributed by atoms with Crippen LogP contribution in [0.5, 0.6) is 0 Å². The molecule has 2 aromatic carbocycles. The molecule has 0 radical (unpaired) electrons. The van der Waals surface area contributed by atoms with Crippen LogP contribution < -0.4 is 10.6 Å². The number of hydrogen-bond donors (Lipinski definition) is 2. The fourth-order valence-electron chi connectivity index (χ4n) is 1.81. The summed E-state index contributed by atoms with van der Waals surface area (Å²) in [5.41, 5.74) is 0.958. The van der Waals surface area contributed by atoms with Crippen LogP contribution >= 0.6 is 35.4 Å². The van der Waals surface area contributed by atoms with E-state index in [0.29, 0.717) is 21.3 Å². The van der Waals surface area contributed by atoms with Crippen molar-refractivity contribution in [2.75, 3.05) is 5.32 Å². The molecule has 2 aromatic rings. The Bertz CT molecular complexity index is 871. The summed E-state index contributed by atoms with van der Waals surface area (Å²) < 4.78 is 0. The third kappa shape index (κ3) is 5.82. The van der Waals surface area contributed by atoms with Gasteiger partial charge in [0, 0.05) is 23.2 Å². The number of rotatable bonds is 4. The zero-order valence-electron chi connectivity index (χ0n) is 12.5. The first-order valence-corrected chi connectivity index (χ1v) is 8.01. The van der Waals surface area contributed by atoms with Crippen LogP contribution in [-0.2, 0) is 4.79 Å². The molecule has 0 saturated heterocycles. The second-order valence-corrected chi connectivity index (χ2v) is 6.00. The van der Waals surface area contributed by atoms with Gasteiger partial charge >= 0.3 is 0 Å². The fraction of sp³-hybridized carbons (Fsp3) is 0. The van der Waals surface area contributed by atoms with E-state index >= 15 is 0 Å². The number of benzene rings is 2. The Morgan fingerprint density at radius 1 is 1.20 bits per heavy atom. The Labute approximate surface area is 158 Å². The van der Waals surface area contributed by atoms with E-state index in [2.05, 4.69) is 10.6 Å². The smallest absolute Gasteiger partial charge is 0.270 e. The summed E-state index contributed by atoms with van der Waals surface area (Å²) in [5, 5.41) is 16.8. The van der Waals surface area contributed by atoms with Crippen LogP contribution in [0.25, 0.3) is 6.08 Å². The average molecular weight is 396 g/mol. The minimum Gasteiger partial charge on any atom is -0.331 e. The largest absolute Gasteiger partial charge is 0.331 e. The molecule has 6 nitrogen and oxygen atoms in total. The van der Waals surface area contributed by atoms with E-state index in [1.165, 1.54) is 36.4 Å². The van der Waals surface area contributed by atoms with Gasteiger partial charge in [0.2, 0.25) is 5.91 Å². The molecule has 0 spiro atoms. The van der Waals surface area contributed by atoms with E-state index in [-0.39, 0.29) is 10.8 Å². The minimum absolute atomic E-state index is 0.0536. The fourth-order valence-corrected chi connectivity index (χ4v) is 2.48. The highest BCUT2D eigenvalue weighted by Gasteiger charge is 2.06. The summed E-state index contributed by atoms with van der Waals surface area (Å²) in [4.78, 5) is 22.1. The van der Waals surface area contributed by atoms with Crippen molar-refractivity contribution >= 4 is 63.9 Å². The van der Waals surface area contributed by atoms with Gasteiger partial charge in [-0.1, -0.05) is 35.3 Å². The molecule has 0 atom stereocenters. The molecule has 25 heavy (non-hydrogen) atoms. The topological polar surface area (TPSA) is 84.3 Å². The van der Waals surface area contributed by atoms with Crippen LogP contribution in [0.3, 0.4) is 0 Å². The van der Waals surface area contributed by atoms with Gasteiger partial charge in [0.1, 0.15) is 0 Å². The summed E-state index contributed by atoms with van der Waals surface area (Å²) in [6, 6.07) is 10.7. The monoisotopic (exact) mass is 395 g/mol. The van der Waals surface area contributed by atoms with Crippen molar-refractivity contribution in [2.24, 2.45) is 0 Å². The summed E-state index contributed by atoms with van der Waals surface area (Å²) in [6.07, 6.45) is 2.66. The van der Waals surface area contributed by atoms with Gasteiger partial charge in [-0.2, -0.15) is 0 Å². The summed E-state index contributed by atoms with van der Waals surface area (Å²) >= 11 is 16.8. The molecular formula is C16H11Cl2N3O3S. The molecule has 0 unspecified atom stereocenters. The maximum atomic E-state index is 11.9. The Morgan fingerprint density at radius 3 is 2.64 bits per heavy atom. The van der Waals surface area contributed by atoms with Gasteiger partial charge in [-0.05, 0) is 42.1 Å². The number of hydrogen-bond acceptors (Lipinski definition) is 4. The van der Waals surface area contributed by atoms with Crippen LogP contribution in [0.4, 0.5) is 11.4 Å². The van der Waals surface area contributed by atoms with Crippen molar-refractivity contribution in [3.8, 4) is 0 Å². The van der Waals surface area contributed by atoms with Crippen molar-refractivity contribution in [1.82, 2.24) is 5.32 Å². The number of nitro groups is 1. The number of thiocarbonyl (C=S) groups is 1. The van der Waals surface area contributed by atoms with E-state index in [0.717, 1.165) is 0 Å². The molecule has 0 saturated carbocycles. The van der Waals surface area contributed by atoms with Crippen molar-refractivity contribution in [2.45, 2.75) is 0 Å². The standard InChI is InChI=1S/C16H11Cl2N3O3S/c17-11-5-6-14(13(18)9-11)19-16(25)20-15(22)7-4-10-2-1-3-12(8-10)21(23)24/h1-9H,(H2,19,20,22,25)/b7-4+. The van der Waals surface area contributed by atoms with Gasteiger partial charge in [-0.25, -0.2) is 0 Å². The second kappa shape index (κ2) is 8.57. The SMILES string of the molecule is O=C(/C=C/c1cccc([N+](=O)[O-])c1)NC(=S)Nc1ccc(Cl)cc1Cl. The van der Waals surface area contributed by atoms with Crippen molar-refractivity contribution in [1.29, 1.82) is 0 Å². The van der Waals surface area contributed by atoms with E-state index < -0.39 is 10.8 Å². The van der Waals surface area contributed by atoms with Gasteiger partial charge in [0.05, 0.1) is 15.6 Å². The number of carbonyl (C=O) groups is 1. The van der Waals surface area contributed by atoms with Crippen LogP contribution in [0.1, 0.15) is 5.56 Å². The molecule has 9 heteroatoms. The molecule has 0 aliphatic rings. The lowest BCUT2D eigenvalue weighted by atomic mass is 10.2. The maximum Gasteiger partial charge on any atom is 0.270 e. The summed E-state index contributed by atoms with van der Waals surface area (Å²) in [6.45, 7) is 0. The zero-order valence-corrected chi connectivity index (χ0v) is 14.9. The van der Waals surface area contributed by atoms with Crippen LogP contribution in [-0.4, -0.2) is 15.9 Å². The van der Waals surface area contributed by atoms with Gasteiger partial charge in [0.25, 0.3) is 5.69 Å². The molecule has 0 aromatic heterocycles. The molecule has 2 N–H and O–H groups in total. The molecule has 0 aliphatic heterocycles. The van der Waals surface area contributed by atoms with Gasteiger partial charge in [0.15, 0.2) is 5.11 Å². The molecule has 128 valence electrons. The van der Waals surface area contributed by atoms with Crippen molar-refractivity contribution in [3.05, 3.63) is 74.3 Å². The number of non-ortho nitro benzene ring substituents is 1. The van der Waals surface area contributed by atoms with E-state index in [1.54, 1.807) is 18.2 Å². The summed E-state index contributed by atoms with van der Waals surface area (Å²) in [5.74, 6) is -0.492. The molecule has 1 amide bonds. The van der Waals surface area contributed by atoms with Crippen LogP contribution in [0, 0.1) is 10.1 Å². The number of nitrogens with zero attached hydrogens (tertiary/aromatic N) is 1. The lowest BCUT2D eigenvalue weighted by molar-refractivity contribution is -0.384. The Morgan fingerprint density at radius 2 is 1.96 bits per heavy atom. The zero-order chi connectivity index (χ0) is 18.4. The van der Waals surface area contributed by atoms with E-state index in [9.17, 15) is 14.9 Å². The quantitative estimate of drug-likeness (QED) is 0.346. The Balaban J connectivity index is 1.96. The number of halogens is 2. The Kier molecular flexibility index (Phi) is 6.46. The third-order valence-corrected chi connectivity index (χ3v) is 3.68. The molecule has 0 aliphatic carbocycles. The number of anilines is 1. The lowest BCUT2D eigenvalue weighted by Gasteiger charge is -2.09. The maximum absolute atomic E-state index is 11.9. The highest BCUT2D eigenvalue weighted by Crippen LogP contribution is 2.25. The number of nitrogens with one attached hydrogen (secondary N) is 2. The van der Waals surface area contributed by atoms with Crippen LogP contribution in [0.2, 0.25) is 10.0 Å². The van der Waals surface area contributed by atoms with Crippen molar-refractivity contribution < 1.29 is 9.72 Å². The molecular weight excluding hydrogens is 385 g/mol. The number of carbonyl (C=O) groups excluding carboxylic acids is 1. The first kappa shape index (κ1) is 18.9. The Hall–Kier alpha value is -2.48. The molecule has 2 rings (SSSR count). The van der Waals surface area contributed by atoms with E-state index in [1.807, 2.05) is 0 Å². The van der Waals surface area contributed by atoms with E-state index in [4.69, 9.17) is 35.4 Å². The average Bonchev–Trinajstić information content (AvgIpc) is 2.56. The predicted molar refractivity (Wildman–Crippen MR) is 103 cm³/mol. The van der Waals surface area contributed by atoms with Crippen LogP contribution in [0.15, 0.2) is 48.5 Å². The summed E-state index contributed by atoms with van der Waals surface area (Å²) in [7, 11) is 0. The molecule has 0 fully saturated rings. The van der Waals surface area contributed by atoms with Gasteiger partial charge in [-0.15, -0.1) is 0 Å². The highest BCUT2D eigenvalue weighted by molar-refractivity contribution is 7.80. The molecule has 0 heterocycles. The predicted octanol–water partition coefficient (Wildman–Crippen LogP) is 4.43. The first-order valence-electron chi connectivity index (χ1n) is 6.85. The first-order chi connectivity index (χ1) is 11.8.